The standard InChI is InChI=1S/C16H16.C12H12.3C2H6/c1-14(12-15-8-4-2-5-9-15)13-16-10-6-3-7-11-16;1-2-10-7-8-11-5-3-4-6-12(11)9-10;3*1-2/h2-11H,1,12-13H2;3-9H,2H2,1H3;3*1-2H3. The van der Waals surface area contributed by atoms with Crippen LogP contribution >= 0.6 is 0 Å². The number of benzene rings is 4. The van der Waals surface area contributed by atoms with Crippen molar-refractivity contribution >= 4 is 10.8 Å². The number of hydrogen-bond acceptors (Lipinski definition) is 0. The summed E-state index contributed by atoms with van der Waals surface area (Å²) in [5.74, 6) is 0. The topological polar surface area (TPSA) is 0 Å². The Hall–Kier alpha value is -3.12. The Balaban J connectivity index is 0.000000538. The van der Waals surface area contributed by atoms with Crippen molar-refractivity contribution in [2.75, 3.05) is 0 Å². The Morgan fingerprint density at radius 2 is 0.912 bits per heavy atom. The van der Waals surface area contributed by atoms with Gasteiger partial charge in [-0.2, -0.15) is 0 Å². The Labute approximate surface area is 210 Å². The maximum absolute atomic E-state index is 4.15. The zero-order valence-corrected chi connectivity index (χ0v) is 22.6. The van der Waals surface area contributed by atoms with Gasteiger partial charge in [-0.3, -0.25) is 0 Å². The van der Waals surface area contributed by atoms with Crippen molar-refractivity contribution in [3.05, 3.63) is 132 Å². The lowest BCUT2D eigenvalue weighted by Crippen LogP contribution is -1.93. The fraction of sp³-hybridized carbons (Fsp3) is 0.294. The molecule has 0 radical (unpaired) electrons. The highest BCUT2D eigenvalue weighted by Gasteiger charge is 1.98. The molecule has 0 aromatic heterocycles. The molecule has 0 aliphatic rings. The van der Waals surface area contributed by atoms with Gasteiger partial charge in [0, 0.05) is 0 Å². The summed E-state index contributed by atoms with van der Waals surface area (Å²) in [5, 5.41) is 2.67. The zero-order chi connectivity index (χ0) is 25.6. The minimum atomic E-state index is 0.968. The molecule has 4 rings (SSSR count). The molecule has 0 saturated carbocycles. The predicted octanol–water partition coefficient (Wildman–Crippen LogP) is 10.5. The van der Waals surface area contributed by atoms with Gasteiger partial charge in [0.25, 0.3) is 0 Å². The Morgan fingerprint density at radius 1 is 0.500 bits per heavy atom. The molecule has 0 heterocycles. The molecule has 0 N–H and O–H groups in total. The van der Waals surface area contributed by atoms with Gasteiger partial charge in [0.1, 0.15) is 0 Å². The molecule has 0 aliphatic heterocycles. The summed E-state index contributed by atoms with van der Waals surface area (Å²) in [6.45, 7) is 18.3. The molecule has 0 nitrogen and oxygen atoms in total. The van der Waals surface area contributed by atoms with Gasteiger partial charge in [-0.1, -0.05) is 164 Å². The molecule has 34 heavy (non-hydrogen) atoms. The molecule has 0 saturated heterocycles. The Bertz CT molecular complexity index is 954. The van der Waals surface area contributed by atoms with Crippen LogP contribution in [-0.4, -0.2) is 0 Å². The number of hydrogen-bond donors (Lipinski definition) is 0. The predicted molar refractivity (Wildman–Crippen MR) is 157 cm³/mol. The number of rotatable bonds is 5. The number of fused-ring (bicyclic) bond motifs is 1. The van der Waals surface area contributed by atoms with Crippen LogP contribution in [-0.2, 0) is 19.3 Å². The summed E-state index contributed by atoms with van der Waals surface area (Å²) in [6, 6.07) is 36.1. The van der Waals surface area contributed by atoms with Crippen LogP contribution in [0.3, 0.4) is 0 Å². The highest BCUT2D eigenvalue weighted by molar-refractivity contribution is 5.82. The lowest BCUT2D eigenvalue weighted by molar-refractivity contribution is 1.04. The molecule has 0 unspecified atom stereocenters. The fourth-order valence-corrected chi connectivity index (χ4v) is 3.29. The van der Waals surface area contributed by atoms with Crippen LogP contribution in [0.1, 0.15) is 65.2 Å². The molecule has 0 fully saturated rings. The third kappa shape index (κ3) is 12.2. The van der Waals surface area contributed by atoms with Crippen molar-refractivity contribution in [1.82, 2.24) is 0 Å². The largest absolute Gasteiger partial charge is 0.0992 e. The molecular weight excluding hydrogens is 408 g/mol. The van der Waals surface area contributed by atoms with Crippen molar-refractivity contribution in [2.24, 2.45) is 0 Å². The van der Waals surface area contributed by atoms with Crippen LogP contribution in [0.15, 0.2) is 115 Å². The van der Waals surface area contributed by atoms with E-state index in [0.29, 0.717) is 0 Å². The van der Waals surface area contributed by atoms with E-state index in [-0.39, 0.29) is 0 Å². The van der Waals surface area contributed by atoms with Gasteiger partial charge in [0.2, 0.25) is 0 Å². The molecule has 0 bridgehead atoms. The number of aryl methyl sites for hydroxylation is 1. The minimum absolute atomic E-state index is 0.968. The first-order chi connectivity index (χ1) is 16.7. The summed E-state index contributed by atoms with van der Waals surface area (Å²) in [7, 11) is 0. The lowest BCUT2D eigenvalue weighted by atomic mass is 10.00. The molecule has 0 heteroatoms. The second-order valence-corrected chi connectivity index (χ2v) is 7.11. The summed E-state index contributed by atoms with van der Waals surface area (Å²) in [6.07, 6.45) is 3.05. The van der Waals surface area contributed by atoms with Gasteiger partial charge in [0.05, 0.1) is 0 Å². The summed E-state index contributed by atoms with van der Waals surface area (Å²) in [5.41, 5.74) is 5.35. The summed E-state index contributed by atoms with van der Waals surface area (Å²) in [4.78, 5) is 0. The van der Waals surface area contributed by atoms with Crippen LogP contribution in [0, 0.1) is 0 Å². The fourth-order valence-electron chi connectivity index (χ4n) is 3.29. The van der Waals surface area contributed by atoms with E-state index in [1.165, 1.54) is 33.0 Å². The Kier molecular flexibility index (Phi) is 18.6. The van der Waals surface area contributed by atoms with Crippen molar-refractivity contribution < 1.29 is 0 Å². The molecular formula is C34H46. The van der Waals surface area contributed by atoms with Crippen molar-refractivity contribution in [1.29, 1.82) is 0 Å². The quantitative estimate of drug-likeness (QED) is 0.263. The first-order valence-electron chi connectivity index (χ1n) is 13.0. The normalized spacial score (nSPS) is 8.91. The van der Waals surface area contributed by atoms with Gasteiger partial charge in [-0.05, 0) is 46.7 Å². The van der Waals surface area contributed by atoms with Crippen LogP contribution in [0.4, 0.5) is 0 Å². The van der Waals surface area contributed by atoms with Gasteiger partial charge in [0.15, 0.2) is 0 Å². The van der Waals surface area contributed by atoms with Crippen LogP contribution < -0.4 is 0 Å². The third-order valence-electron chi connectivity index (χ3n) is 4.82. The summed E-state index contributed by atoms with van der Waals surface area (Å²) >= 11 is 0. The average Bonchev–Trinajstić information content (AvgIpc) is 2.93. The highest BCUT2D eigenvalue weighted by atomic mass is 14.0. The van der Waals surface area contributed by atoms with E-state index in [4.69, 9.17) is 0 Å². The molecule has 4 aromatic carbocycles. The van der Waals surface area contributed by atoms with E-state index in [9.17, 15) is 0 Å². The third-order valence-corrected chi connectivity index (χ3v) is 4.82. The smallest absolute Gasteiger partial charge is 0.00665 e. The monoisotopic (exact) mass is 454 g/mol. The average molecular weight is 455 g/mol. The highest BCUT2D eigenvalue weighted by Crippen LogP contribution is 2.15. The molecule has 182 valence electrons. The maximum Gasteiger partial charge on any atom is -0.00665 e. The van der Waals surface area contributed by atoms with E-state index in [1.54, 1.807) is 0 Å². The van der Waals surface area contributed by atoms with Gasteiger partial charge >= 0.3 is 0 Å². The van der Waals surface area contributed by atoms with Crippen molar-refractivity contribution in [3.63, 3.8) is 0 Å². The molecule has 0 atom stereocenters. The van der Waals surface area contributed by atoms with E-state index in [0.717, 1.165) is 19.3 Å². The summed E-state index contributed by atoms with van der Waals surface area (Å²) < 4.78 is 0. The van der Waals surface area contributed by atoms with E-state index >= 15 is 0 Å². The zero-order valence-electron chi connectivity index (χ0n) is 22.6. The van der Waals surface area contributed by atoms with Crippen LogP contribution in [0.2, 0.25) is 0 Å². The van der Waals surface area contributed by atoms with E-state index in [1.807, 2.05) is 53.7 Å². The molecule has 0 spiro atoms. The van der Waals surface area contributed by atoms with Gasteiger partial charge in [-0.15, -0.1) is 0 Å². The van der Waals surface area contributed by atoms with Crippen molar-refractivity contribution in [2.45, 2.75) is 67.7 Å². The van der Waals surface area contributed by atoms with Gasteiger partial charge in [-0.25, -0.2) is 0 Å². The lowest BCUT2D eigenvalue weighted by Gasteiger charge is -2.05. The first-order valence-corrected chi connectivity index (χ1v) is 13.0. The van der Waals surface area contributed by atoms with Crippen LogP contribution in [0.25, 0.3) is 10.8 Å². The molecule has 0 aliphatic carbocycles. The van der Waals surface area contributed by atoms with E-state index in [2.05, 4.69) is 104 Å². The van der Waals surface area contributed by atoms with Gasteiger partial charge < -0.3 is 0 Å². The Morgan fingerprint density at radius 3 is 1.35 bits per heavy atom. The van der Waals surface area contributed by atoms with E-state index < -0.39 is 0 Å². The SMILES string of the molecule is C=C(Cc1ccccc1)Cc1ccccc1.CC.CC.CC.CCc1ccc2ccccc2c1. The maximum atomic E-state index is 4.15. The second kappa shape index (κ2) is 20.5. The molecule has 0 amide bonds. The second-order valence-electron chi connectivity index (χ2n) is 7.11. The van der Waals surface area contributed by atoms with Crippen molar-refractivity contribution in [3.8, 4) is 0 Å². The molecule has 4 aromatic rings. The minimum Gasteiger partial charge on any atom is -0.0992 e. The number of allylic oxidation sites excluding steroid dienone is 1. The first kappa shape index (κ1) is 30.9. The van der Waals surface area contributed by atoms with Crippen LogP contribution in [0.5, 0.6) is 0 Å².